The van der Waals surface area contributed by atoms with Gasteiger partial charge in [-0.15, -0.1) is 0 Å². The molecule has 0 aliphatic rings. The van der Waals surface area contributed by atoms with Crippen LogP contribution in [-0.4, -0.2) is 24.0 Å². The van der Waals surface area contributed by atoms with Crippen LogP contribution in [0.25, 0.3) is 0 Å². The van der Waals surface area contributed by atoms with Crippen molar-refractivity contribution in [2.24, 2.45) is 11.7 Å². The summed E-state index contributed by atoms with van der Waals surface area (Å²) in [5, 5.41) is 8.93. The molecule has 0 spiro atoms. The van der Waals surface area contributed by atoms with E-state index >= 15 is 0 Å². The number of nitriles is 1. The number of benzene rings is 1. The Morgan fingerprint density at radius 3 is 2.62 bits per heavy atom. The quantitative estimate of drug-likeness (QED) is 0.766. The predicted molar refractivity (Wildman–Crippen MR) is 91.8 cm³/mol. The Labute approximate surface area is 137 Å². The molecule has 1 aromatic rings. The van der Waals surface area contributed by atoms with Crippen molar-refractivity contribution in [1.29, 1.82) is 5.26 Å². The monoisotopic (exact) mass is 351 g/mol. The molecule has 116 valence electrons. The fourth-order valence-electron chi connectivity index (χ4n) is 2.65. The van der Waals surface area contributed by atoms with Gasteiger partial charge in [0.05, 0.1) is 6.07 Å². The second-order valence-electron chi connectivity index (χ2n) is 5.87. The minimum absolute atomic E-state index is 0.0664. The van der Waals surface area contributed by atoms with Crippen LogP contribution in [0.1, 0.15) is 45.2 Å². The third kappa shape index (κ3) is 5.78. The third-order valence-electron chi connectivity index (χ3n) is 3.57. The summed E-state index contributed by atoms with van der Waals surface area (Å²) in [5.74, 6) is 0.544. The first-order valence-electron chi connectivity index (χ1n) is 7.61. The number of nitrogens with zero attached hydrogens (tertiary/aromatic N) is 2. The van der Waals surface area contributed by atoms with E-state index in [0.29, 0.717) is 12.3 Å². The molecule has 0 bridgehead atoms. The Bertz CT molecular complexity index is 467. The third-order valence-corrected chi connectivity index (χ3v) is 4.06. The van der Waals surface area contributed by atoms with E-state index in [1.54, 1.807) is 0 Å². The van der Waals surface area contributed by atoms with Crippen LogP contribution < -0.4 is 5.73 Å². The number of halogens is 1. The summed E-state index contributed by atoms with van der Waals surface area (Å²) < 4.78 is 1.07. The lowest BCUT2D eigenvalue weighted by Crippen LogP contribution is -2.43. The smallest absolute Gasteiger partial charge is 0.0635 e. The van der Waals surface area contributed by atoms with Gasteiger partial charge in [-0.25, -0.2) is 0 Å². The van der Waals surface area contributed by atoms with E-state index < -0.39 is 0 Å². The minimum Gasteiger partial charge on any atom is -0.326 e. The topological polar surface area (TPSA) is 53.0 Å². The highest BCUT2D eigenvalue weighted by atomic mass is 79.9. The van der Waals surface area contributed by atoms with Crippen molar-refractivity contribution < 1.29 is 0 Å². The van der Waals surface area contributed by atoms with Crippen molar-refractivity contribution in [2.45, 2.75) is 45.7 Å². The normalized spacial score (nSPS) is 14.2. The first-order chi connectivity index (χ1) is 9.99. The molecule has 3 nitrogen and oxygen atoms in total. The highest BCUT2D eigenvalue weighted by Crippen LogP contribution is 2.28. The van der Waals surface area contributed by atoms with Crippen molar-refractivity contribution in [2.75, 3.05) is 13.1 Å². The van der Waals surface area contributed by atoms with Gasteiger partial charge in [-0.1, -0.05) is 48.8 Å². The molecule has 0 saturated heterocycles. The number of hydrogen-bond donors (Lipinski definition) is 1. The standard InChI is InChI=1S/C17H26BrN3/c1-4-16(20)17(14-7-5-8-15(18)11-14)21(10-6-9-19)12-13(2)3/h5,7-8,11,13,16-17H,4,6,10,12,20H2,1-3H3. The molecule has 2 atom stereocenters. The van der Waals surface area contributed by atoms with Gasteiger partial charge in [0.25, 0.3) is 0 Å². The van der Waals surface area contributed by atoms with Crippen molar-refractivity contribution in [3.05, 3.63) is 34.3 Å². The summed E-state index contributed by atoms with van der Waals surface area (Å²) in [6.07, 6.45) is 1.45. The van der Waals surface area contributed by atoms with Crippen LogP contribution in [0, 0.1) is 17.2 Å². The highest BCUT2D eigenvalue weighted by Gasteiger charge is 2.26. The van der Waals surface area contributed by atoms with Crippen molar-refractivity contribution in [3.8, 4) is 6.07 Å². The molecule has 4 heteroatoms. The Morgan fingerprint density at radius 2 is 2.10 bits per heavy atom. The second-order valence-corrected chi connectivity index (χ2v) is 6.78. The van der Waals surface area contributed by atoms with E-state index in [1.807, 2.05) is 12.1 Å². The summed E-state index contributed by atoms with van der Waals surface area (Å²) >= 11 is 3.54. The van der Waals surface area contributed by atoms with Crippen molar-refractivity contribution in [3.63, 3.8) is 0 Å². The Morgan fingerprint density at radius 1 is 1.38 bits per heavy atom. The molecule has 1 aromatic carbocycles. The van der Waals surface area contributed by atoms with Crippen LogP contribution in [0.4, 0.5) is 0 Å². The van der Waals surface area contributed by atoms with Crippen LogP contribution in [0.2, 0.25) is 0 Å². The summed E-state index contributed by atoms with van der Waals surface area (Å²) in [7, 11) is 0. The van der Waals surface area contributed by atoms with Crippen LogP contribution >= 0.6 is 15.9 Å². The molecule has 0 aliphatic heterocycles. The van der Waals surface area contributed by atoms with E-state index in [0.717, 1.165) is 24.0 Å². The van der Waals surface area contributed by atoms with Crippen molar-refractivity contribution in [1.82, 2.24) is 4.90 Å². The van der Waals surface area contributed by atoms with Crippen LogP contribution in [-0.2, 0) is 0 Å². The van der Waals surface area contributed by atoms with Gasteiger partial charge in [-0.05, 0) is 30.0 Å². The van der Waals surface area contributed by atoms with Gasteiger partial charge in [-0.3, -0.25) is 4.90 Å². The molecule has 0 amide bonds. The van der Waals surface area contributed by atoms with Gasteiger partial charge in [0.2, 0.25) is 0 Å². The van der Waals surface area contributed by atoms with Crippen LogP contribution in [0.3, 0.4) is 0 Å². The number of hydrogen-bond acceptors (Lipinski definition) is 3. The molecule has 1 rings (SSSR count). The molecule has 0 fully saturated rings. The summed E-state index contributed by atoms with van der Waals surface area (Å²) in [6, 6.07) is 10.8. The largest absolute Gasteiger partial charge is 0.326 e. The lowest BCUT2D eigenvalue weighted by Gasteiger charge is -2.36. The first kappa shape index (κ1) is 18.2. The zero-order valence-corrected chi connectivity index (χ0v) is 14.8. The maximum absolute atomic E-state index is 8.93. The highest BCUT2D eigenvalue weighted by molar-refractivity contribution is 9.10. The van der Waals surface area contributed by atoms with Crippen LogP contribution in [0.15, 0.2) is 28.7 Å². The Hall–Kier alpha value is -0.890. The second kappa shape index (κ2) is 9.19. The van der Waals surface area contributed by atoms with Gasteiger partial charge >= 0.3 is 0 Å². The lowest BCUT2D eigenvalue weighted by molar-refractivity contribution is 0.154. The average Bonchev–Trinajstić information content (AvgIpc) is 2.44. The van der Waals surface area contributed by atoms with E-state index in [1.165, 1.54) is 5.56 Å². The first-order valence-corrected chi connectivity index (χ1v) is 8.40. The molecule has 0 aliphatic carbocycles. The number of nitrogens with two attached hydrogens (primary N) is 1. The molecule has 0 radical (unpaired) electrons. The molecule has 0 heterocycles. The van der Waals surface area contributed by atoms with Crippen molar-refractivity contribution >= 4 is 15.9 Å². The summed E-state index contributed by atoms with van der Waals surface area (Å²) in [5.41, 5.74) is 7.63. The summed E-state index contributed by atoms with van der Waals surface area (Å²) in [4.78, 5) is 2.36. The predicted octanol–water partition coefficient (Wildman–Crippen LogP) is 4.10. The Balaban J connectivity index is 3.10. The molecular formula is C17H26BrN3. The van der Waals surface area contributed by atoms with Crippen LogP contribution in [0.5, 0.6) is 0 Å². The zero-order chi connectivity index (χ0) is 15.8. The summed E-state index contributed by atoms with van der Waals surface area (Å²) in [6.45, 7) is 8.24. The number of rotatable bonds is 8. The molecule has 2 N–H and O–H groups in total. The molecule has 0 saturated carbocycles. The van der Waals surface area contributed by atoms with Gasteiger partial charge < -0.3 is 5.73 Å². The molecule has 0 aromatic heterocycles. The maximum atomic E-state index is 8.93. The average molecular weight is 352 g/mol. The maximum Gasteiger partial charge on any atom is 0.0635 e. The SMILES string of the molecule is CCC(N)C(c1cccc(Br)c1)N(CCC#N)CC(C)C. The molecule has 2 unspecified atom stereocenters. The van der Waals surface area contributed by atoms with E-state index in [4.69, 9.17) is 11.0 Å². The van der Waals surface area contributed by atoms with Gasteiger partial charge in [-0.2, -0.15) is 5.26 Å². The van der Waals surface area contributed by atoms with E-state index in [-0.39, 0.29) is 12.1 Å². The zero-order valence-electron chi connectivity index (χ0n) is 13.2. The van der Waals surface area contributed by atoms with Gasteiger partial charge in [0.15, 0.2) is 0 Å². The van der Waals surface area contributed by atoms with Gasteiger partial charge in [0.1, 0.15) is 0 Å². The fraction of sp³-hybridized carbons (Fsp3) is 0.588. The molecular weight excluding hydrogens is 326 g/mol. The fourth-order valence-corrected chi connectivity index (χ4v) is 3.07. The Kier molecular flexibility index (Phi) is 7.95. The molecule has 21 heavy (non-hydrogen) atoms. The lowest BCUT2D eigenvalue weighted by atomic mass is 9.95. The van der Waals surface area contributed by atoms with E-state index in [2.05, 4.69) is 59.8 Å². The minimum atomic E-state index is 0.0664. The van der Waals surface area contributed by atoms with Gasteiger partial charge in [0, 0.05) is 36.1 Å². The van der Waals surface area contributed by atoms with E-state index in [9.17, 15) is 0 Å².